The molecule has 0 radical (unpaired) electrons. The summed E-state index contributed by atoms with van der Waals surface area (Å²) in [5, 5.41) is 8.35. The summed E-state index contributed by atoms with van der Waals surface area (Å²) in [6.45, 7) is -0.811. The molecule has 9 nitrogen and oxygen atoms in total. The zero-order valence-electron chi connectivity index (χ0n) is 7.46. The van der Waals surface area contributed by atoms with Crippen LogP contribution in [0.4, 0.5) is 0 Å². The van der Waals surface area contributed by atoms with Crippen molar-refractivity contribution in [2.45, 2.75) is 0 Å². The molecule has 0 fully saturated rings. The van der Waals surface area contributed by atoms with Gasteiger partial charge in [-0.1, -0.05) is 0 Å². The number of carbonyl (C=O) groups is 1. The van der Waals surface area contributed by atoms with E-state index in [1.165, 1.54) is 0 Å². The van der Waals surface area contributed by atoms with Crippen LogP contribution < -0.4 is 0 Å². The van der Waals surface area contributed by atoms with Gasteiger partial charge in [-0.25, -0.2) is 4.90 Å². The Morgan fingerprint density at radius 2 is 1.73 bits per heavy atom. The number of nitrogens with zero attached hydrogens (tertiary/aromatic N) is 1. The molecule has 11 heteroatoms. The van der Waals surface area contributed by atoms with Crippen molar-refractivity contribution >= 4 is 21.5 Å². The van der Waals surface area contributed by atoms with Crippen molar-refractivity contribution < 1.29 is 38.9 Å². The molecule has 0 saturated heterocycles. The van der Waals surface area contributed by atoms with E-state index >= 15 is 0 Å². The van der Waals surface area contributed by atoms with Gasteiger partial charge in [-0.05, 0) is 0 Å². The number of rotatable bonds is 6. The minimum absolute atomic E-state index is 0.552. The Hall–Kier alpha value is -0.110. The summed E-state index contributed by atoms with van der Waals surface area (Å²) in [5.41, 5.74) is 0. The summed E-state index contributed by atoms with van der Waals surface area (Å²) in [6, 6.07) is 0. The lowest BCUT2D eigenvalue weighted by Crippen LogP contribution is -2.32. The Bertz CT molecular complexity index is 268. The lowest BCUT2D eigenvalue weighted by molar-refractivity contribution is -0.137. The zero-order valence-corrected chi connectivity index (χ0v) is 9.25. The molecule has 0 unspecified atom stereocenters. The van der Waals surface area contributed by atoms with E-state index in [1.54, 1.807) is 0 Å². The topological polar surface area (TPSA) is 159 Å². The fourth-order valence-corrected chi connectivity index (χ4v) is 2.48. The lowest BCUT2D eigenvalue weighted by Gasteiger charge is -2.19. The average molecular weight is 264 g/mol. The van der Waals surface area contributed by atoms with Crippen LogP contribution in [0, 0.1) is 0 Å². The predicted octanol–water partition coefficient (Wildman–Crippen LogP) is -1.79. The van der Waals surface area contributed by atoms with Crippen molar-refractivity contribution in [2.75, 3.05) is 19.1 Å². The highest BCUT2D eigenvalue weighted by Gasteiger charge is 2.36. The number of aliphatic carboxylic acids is 1. The van der Waals surface area contributed by atoms with Gasteiger partial charge >= 0.3 is 21.5 Å². The van der Waals surface area contributed by atoms with Crippen LogP contribution in [0.25, 0.3) is 0 Å². The van der Waals surface area contributed by atoms with Gasteiger partial charge in [-0.2, -0.15) is 14.7 Å². The summed E-state index contributed by atoms with van der Waals surface area (Å²) in [4.78, 5) is 53.8. The third kappa shape index (κ3) is 10.2. The fraction of sp³-hybridized carbons (Fsp3) is 0.750. The van der Waals surface area contributed by atoms with Crippen molar-refractivity contribution in [2.24, 2.45) is 0 Å². The highest BCUT2D eigenvalue weighted by Crippen LogP contribution is 2.46. The Labute approximate surface area is 85.3 Å². The quantitative estimate of drug-likeness (QED) is 0.304. The second kappa shape index (κ2) is 5.29. The minimum atomic E-state index is -4.52. The van der Waals surface area contributed by atoms with Gasteiger partial charge in [0.05, 0.1) is 0 Å². The molecule has 0 saturated carbocycles. The van der Waals surface area contributed by atoms with Gasteiger partial charge in [0.15, 0.2) is 6.29 Å². The first-order valence-electron chi connectivity index (χ1n) is 3.54. The molecule has 0 aliphatic heterocycles. The van der Waals surface area contributed by atoms with Crippen molar-refractivity contribution in [1.82, 2.24) is 4.90 Å². The smallest absolute Gasteiger partial charge is 0.419 e. The van der Waals surface area contributed by atoms with Crippen molar-refractivity contribution in [3.05, 3.63) is 0 Å². The van der Waals surface area contributed by atoms with Gasteiger partial charge < -0.3 is 14.9 Å². The molecule has 0 aromatic rings. The normalized spacial score (nSPS) is 13.2. The SMILES string of the molecule is O=C(O)CN(CP(=O)(O)O)C[P+](O)(O)O. The van der Waals surface area contributed by atoms with Crippen LogP contribution in [0.2, 0.25) is 0 Å². The second-order valence-corrected chi connectivity index (χ2v) is 6.14. The van der Waals surface area contributed by atoms with Crippen LogP contribution in [0.1, 0.15) is 0 Å². The molecular weight excluding hydrogens is 252 g/mol. The van der Waals surface area contributed by atoms with Gasteiger partial charge in [0.1, 0.15) is 12.8 Å². The molecule has 0 aromatic heterocycles. The molecule has 0 bridgehead atoms. The van der Waals surface area contributed by atoms with E-state index in [0.717, 1.165) is 0 Å². The van der Waals surface area contributed by atoms with Crippen LogP contribution in [0.15, 0.2) is 0 Å². The molecule has 0 amide bonds. The zero-order chi connectivity index (χ0) is 12.3. The maximum Gasteiger partial charge on any atom is 0.419 e. The average Bonchev–Trinajstić information content (AvgIpc) is 1.73. The summed E-state index contributed by atoms with van der Waals surface area (Å²) in [5.74, 6) is -1.41. The standard InChI is InChI=1S/C4H11NO8P2/c6-4(7)1-5(2-14(8,9)10)3-15(11,12)13/h8-10H,1-3H2,(H2-,6,7,11,12,13)/p+1. The highest BCUT2D eigenvalue weighted by molar-refractivity contribution is 7.58. The highest BCUT2D eigenvalue weighted by atomic mass is 31.2. The maximum absolute atomic E-state index is 10.5. The van der Waals surface area contributed by atoms with Crippen molar-refractivity contribution in [3.63, 3.8) is 0 Å². The minimum Gasteiger partial charge on any atom is -0.480 e. The van der Waals surface area contributed by atoms with Crippen LogP contribution in [0.5, 0.6) is 0 Å². The summed E-state index contributed by atoms with van der Waals surface area (Å²) in [7, 11) is -8.81. The second-order valence-electron chi connectivity index (χ2n) is 2.86. The van der Waals surface area contributed by atoms with Gasteiger partial charge in [0.2, 0.25) is 0 Å². The Balaban J connectivity index is 4.45. The first-order valence-corrected chi connectivity index (χ1v) is 7.18. The largest absolute Gasteiger partial charge is 0.480 e. The number of carboxylic acid groups (broad SMARTS) is 1. The molecule has 0 aliphatic rings. The molecule has 90 valence electrons. The number of hydrogen-bond donors (Lipinski definition) is 6. The first-order chi connectivity index (χ1) is 6.49. The van der Waals surface area contributed by atoms with Crippen molar-refractivity contribution in [1.29, 1.82) is 0 Å². The molecule has 6 N–H and O–H groups in total. The molecule has 0 aliphatic carbocycles. The molecule has 15 heavy (non-hydrogen) atoms. The van der Waals surface area contributed by atoms with E-state index in [0.29, 0.717) is 4.90 Å². The Kier molecular flexibility index (Phi) is 5.25. The summed E-state index contributed by atoms with van der Waals surface area (Å²) in [6.07, 6.45) is -1.87. The van der Waals surface area contributed by atoms with Gasteiger partial charge in [0.25, 0.3) is 0 Å². The van der Waals surface area contributed by atoms with Crippen LogP contribution in [-0.4, -0.2) is 59.6 Å². The maximum atomic E-state index is 10.5. The molecular formula is C4H12NO8P2+. The molecule has 0 heterocycles. The molecule has 0 rings (SSSR count). The van der Waals surface area contributed by atoms with E-state index in [4.69, 9.17) is 29.6 Å². The van der Waals surface area contributed by atoms with Crippen LogP contribution in [-0.2, 0) is 9.36 Å². The molecule has 0 atom stereocenters. The van der Waals surface area contributed by atoms with E-state index in [-0.39, 0.29) is 0 Å². The molecule has 0 spiro atoms. The number of hydrogen-bond acceptors (Lipinski definition) is 6. The Morgan fingerprint density at radius 1 is 1.27 bits per heavy atom. The monoisotopic (exact) mass is 264 g/mol. The van der Waals surface area contributed by atoms with Gasteiger partial charge in [-0.15, -0.1) is 0 Å². The number of carboxylic acids is 1. The molecule has 0 aromatic carbocycles. The predicted molar refractivity (Wildman–Crippen MR) is 49.7 cm³/mol. The van der Waals surface area contributed by atoms with E-state index in [1.807, 2.05) is 0 Å². The third-order valence-electron chi connectivity index (χ3n) is 1.13. The van der Waals surface area contributed by atoms with Crippen LogP contribution in [0.3, 0.4) is 0 Å². The van der Waals surface area contributed by atoms with Gasteiger partial charge in [0, 0.05) is 0 Å². The Morgan fingerprint density at radius 3 is 2.00 bits per heavy atom. The summed E-state index contributed by atoms with van der Waals surface area (Å²) >= 11 is 0. The lowest BCUT2D eigenvalue weighted by atomic mass is 10.6. The van der Waals surface area contributed by atoms with E-state index < -0.39 is 40.6 Å². The first kappa shape index (κ1) is 14.9. The summed E-state index contributed by atoms with van der Waals surface area (Å²) < 4.78 is 10.5. The fourth-order valence-electron chi connectivity index (χ4n) is 0.865. The van der Waals surface area contributed by atoms with Crippen molar-refractivity contribution in [3.8, 4) is 0 Å². The van der Waals surface area contributed by atoms with Crippen LogP contribution >= 0.6 is 15.5 Å². The van der Waals surface area contributed by atoms with E-state index in [2.05, 4.69) is 0 Å². The van der Waals surface area contributed by atoms with Gasteiger partial charge in [-0.3, -0.25) is 9.36 Å². The van der Waals surface area contributed by atoms with E-state index in [9.17, 15) is 9.36 Å². The third-order valence-corrected chi connectivity index (χ3v) is 2.68.